The molecule has 2 unspecified atom stereocenters. The Kier molecular flexibility index (Phi) is 4.45. The standard InChI is InChI=1S/C14H23N3O2/c1-3-10-7-5-6-8-11(10)17-9-16-12(13(17)15)14(18)19-4-2/h9-11H,3-8,15H2,1-2H3. The summed E-state index contributed by atoms with van der Waals surface area (Å²) in [5, 5.41) is 0. The van der Waals surface area contributed by atoms with Crippen LogP contribution in [0.1, 0.15) is 62.5 Å². The lowest BCUT2D eigenvalue weighted by molar-refractivity contribution is 0.0521. The van der Waals surface area contributed by atoms with Gasteiger partial charge in [-0.05, 0) is 25.7 Å². The molecule has 5 nitrogen and oxygen atoms in total. The van der Waals surface area contributed by atoms with Gasteiger partial charge >= 0.3 is 5.97 Å². The molecule has 1 fully saturated rings. The molecule has 2 rings (SSSR count). The first-order valence-electron chi connectivity index (χ1n) is 7.18. The molecule has 0 bridgehead atoms. The first kappa shape index (κ1) is 13.9. The fourth-order valence-electron chi connectivity index (χ4n) is 3.02. The Morgan fingerprint density at radius 3 is 2.89 bits per heavy atom. The number of imidazole rings is 1. The second-order valence-corrected chi connectivity index (χ2v) is 5.13. The highest BCUT2D eigenvalue weighted by molar-refractivity contribution is 5.92. The Morgan fingerprint density at radius 2 is 2.21 bits per heavy atom. The molecule has 1 aromatic rings. The van der Waals surface area contributed by atoms with Gasteiger partial charge < -0.3 is 15.0 Å². The van der Waals surface area contributed by atoms with Crippen LogP contribution in [0.25, 0.3) is 0 Å². The minimum Gasteiger partial charge on any atom is -0.461 e. The van der Waals surface area contributed by atoms with Crippen molar-refractivity contribution in [3.63, 3.8) is 0 Å². The van der Waals surface area contributed by atoms with E-state index in [0.29, 0.717) is 24.4 Å². The van der Waals surface area contributed by atoms with Crippen LogP contribution in [0.3, 0.4) is 0 Å². The van der Waals surface area contributed by atoms with Crippen LogP contribution in [0.5, 0.6) is 0 Å². The number of ether oxygens (including phenoxy) is 1. The number of anilines is 1. The summed E-state index contributed by atoms with van der Waals surface area (Å²) in [6.45, 7) is 4.33. The monoisotopic (exact) mass is 265 g/mol. The number of nitrogens with zero attached hydrogens (tertiary/aromatic N) is 2. The number of hydrogen-bond donors (Lipinski definition) is 1. The Balaban J connectivity index is 2.23. The summed E-state index contributed by atoms with van der Waals surface area (Å²) in [6, 6.07) is 0.370. The van der Waals surface area contributed by atoms with Gasteiger partial charge in [0.25, 0.3) is 0 Å². The number of esters is 1. The third kappa shape index (κ3) is 2.74. The van der Waals surface area contributed by atoms with Gasteiger partial charge in [0.1, 0.15) is 5.82 Å². The van der Waals surface area contributed by atoms with Crippen molar-refractivity contribution in [1.29, 1.82) is 0 Å². The van der Waals surface area contributed by atoms with Crippen LogP contribution in [-0.4, -0.2) is 22.1 Å². The first-order valence-corrected chi connectivity index (χ1v) is 7.18. The van der Waals surface area contributed by atoms with Crippen molar-refractivity contribution in [3.05, 3.63) is 12.0 Å². The maximum atomic E-state index is 11.7. The smallest absolute Gasteiger partial charge is 0.360 e. The fourth-order valence-corrected chi connectivity index (χ4v) is 3.02. The molecule has 19 heavy (non-hydrogen) atoms. The minimum atomic E-state index is -0.428. The normalized spacial score (nSPS) is 23.3. The summed E-state index contributed by atoms with van der Waals surface area (Å²) in [6.07, 6.45) is 7.67. The Hall–Kier alpha value is -1.52. The maximum Gasteiger partial charge on any atom is 0.360 e. The van der Waals surface area contributed by atoms with Gasteiger partial charge in [-0.15, -0.1) is 0 Å². The minimum absolute atomic E-state index is 0.252. The molecule has 1 saturated carbocycles. The van der Waals surface area contributed by atoms with Crippen molar-refractivity contribution in [2.24, 2.45) is 5.92 Å². The molecule has 0 radical (unpaired) electrons. The molecular formula is C14H23N3O2. The maximum absolute atomic E-state index is 11.7. The molecule has 5 heteroatoms. The van der Waals surface area contributed by atoms with E-state index in [9.17, 15) is 4.79 Å². The van der Waals surface area contributed by atoms with Crippen molar-refractivity contribution in [1.82, 2.24) is 9.55 Å². The zero-order valence-electron chi connectivity index (χ0n) is 11.8. The number of aromatic nitrogens is 2. The first-order chi connectivity index (χ1) is 9.19. The SMILES string of the molecule is CCOC(=O)c1ncn(C2CCCCC2CC)c1N. The molecule has 0 amide bonds. The summed E-state index contributed by atoms with van der Waals surface area (Å²) in [4.78, 5) is 15.9. The van der Waals surface area contributed by atoms with Gasteiger partial charge in [0.2, 0.25) is 0 Å². The summed E-state index contributed by atoms with van der Waals surface area (Å²) >= 11 is 0. The molecule has 1 aliphatic rings. The molecule has 0 spiro atoms. The van der Waals surface area contributed by atoms with Crippen molar-refractivity contribution in [3.8, 4) is 0 Å². The lowest BCUT2D eigenvalue weighted by atomic mass is 9.83. The van der Waals surface area contributed by atoms with Crippen LogP contribution in [0, 0.1) is 5.92 Å². The van der Waals surface area contributed by atoms with E-state index in [-0.39, 0.29) is 5.69 Å². The van der Waals surface area contributed by atoms with E-state index < -0.39 is 5.97 Å². The topological polar surface area (TPSA) is 70.1 Å². The molecule has 1 aliphatic carbocycles. The number of hydrogen-bond acceptors (Lipinski definition) is 4. The number of nitrogen functional groups attached to an aromatic ring is 1. The lowest BCUT2D eigenvalue weighted by Gasteiger charge is -2.32. The van der Waals surface area contributed by atoms with Crippen LogP contribution in [-0.2, 0) is 4.74 Å². The summed E-state index contributed by atoms with van der Waals surface area (Å²) in [7, 11) is 0. The van der Waals surface area contributed by atoms with Gasteiger partial charge in [-0.2, -0.15) is 0 Å². The molecule has 0 aromatic carbocycles. The summed E-state index contributed by atoms with van der Waals surface area (Å²) in [5.41, 5.74) is 6.33. The Morgan fingerprint density at radius 1 is 1.47 bits per heavy atom. The number of nitrogens with two attached hydrogens (primary N) is 1. The van der Waals surface area contributed by atoms with Crippen LogP contribution in [0.2, 0.25) is 0 Å². The van der Waals surface area contributed by atoms with E-state index in [0.717, 1.165) is 12.8 Å². The largest absolute Gasteiger partial charge is 0.461 e. The van der Waals surface area contributed by atoms with Crippen molar-refractivity contribution in [2.45, 2.75) is 52.0 Å². The summed E-state index contributed by atoms with van der Waals surface area (Å²) < 4.78 is 6.94. The third-order valence-corrected chi connectivity index (χ3v) is 4.05. The molecule has 106 valence electrons. The predicted molar refractivity (Wildman–Crippen MR) is 73.9 cm³/mol. The number of carbonyl (C=O) groups excluding carboxylic acids is 1. The van der Waals surface area contributed by atoms with Gasteiger partial charge in [-0.3, -0.25) is 0 Å². The Bertz CT molecular complexity index is 442. The predicted octanol–water partition coefficient (Wildman–Crippen LogP) is 2.78. The van der Waals surface area contributed by atoms with E-state index >= 15 is 0 Å². The molecule has 2 N–H and O–H groups in total. The number of rotatable bonds is 4. The fraction of sp³-hybridized carbons (Fsp3) is 0.714. The van der Waals surface area contributed by atoms with E-state index in [1.165, 1.54) is 19.3 Å². The van der Waals surface area contributed by atoms with Crippen LogP contribution in [0.15, 0.2) is 6.33 Å². The van der Waals surface area contributed by atoms with E-state index in [1.807, 2.05) is 4.57 Å². The van der Waals surface area contributed by atoms with Crippen LogP contribution < -0.4 is 5.73 Å². The molecule has 0 saturated heterocycles. The third-order valence-electron chi connectivity index (χ3n) is 4.05. The lowest BCUT2D eigenvalue weighted by Crippen LogP contribution is -2.23. The van der Waals surface area contributed by atoms with Crippen molar-refractivity contribution >= 4 is 11.8 Å². The average molecular weight is 265 g/mol. The average Bonchev–Trinajstić information content (AvgIpc) is 2.80. The highest BCUT2D eigenvalue weighted by Gasteiger charge is 2.28. The quantitative estimate of drug-likeness (QED) is 0.850. The van der Waals surface area contributed by atoms with Crippen molar-refractivity contribution in [2.75, 3.05) is 12.3 Å². The summed E-state index contributed by atoms with van der Waals surface area (Å²) in [5.74, 6) is 0.645. The van der Waals surface area contributed by atoms with Gasteiger partial charge in [0, 0.05) is 6.04 Å². The number of carbonyl (C=O) groups is 1. The van der Waals surface area contributed by atoms with Crippen LogP contribution in [0.4, 0.5) is 5.82 Å². The van der Waals surface area contributed by atoms with Gasteiger partial charge in [0.15, 0.2) is 5.69 Å². The highest BCUT2D eigenvalue weighted by Crippen LogP contribution is 2.37. The molecule has 2 atom stereocenters. The molecule has 0 aliphatic heterocycles. The molecule has 1 heterocycles. The zero-order chi connectivity index (χ0) is 13.8. The van der Waals surface area contributed by atoms with Gasteiger partial charge in [-0.25, -0.2) is 9.78 Å². The Labute approximate surface area is 114 Å². The second kappa shape index (κ2) is 6.08. The van der Waals surface area contributed by atoms with E-state index in [2.05, 4.69) is 11.9 Å². The highest BCUT2D eigenvalue weighted by atomic mass is 16.5. The van der Waals surface area contributed by atoms with E-state index in [1.54, 1.807) is 13.3 Å². The van der Waals surface area contributed by atoms with Gasteiger partial charge in [-0.1, -0.05) is 26.2 Å². The zero-order valence-corrected chi connectivity index (χ0v) is 11.8. The van der Waals surface area contributed by atoms with Gasteiger partial charge in [0.05, 0.1) is 12.9 Å². The van der Waals surface area contributed by atoms with Crippen molar-refractivity contribution < 1.29 is 9.53 Å². The molecular weight excluding hydrogens is 242 g/mol. The molecule has 1 aromatic heterocycles. The van der Waals surface area contributed by atoms with Crippen LogP contribution >= 0.6 is 0 Å². The second-order valence-electron chi connectivity index (χ2n) is 5.13. The van der Waals surface area contributed by atoms with E-state index in [4.69, 9.17) is 10.5 Å².